The third-order valence-electron chi connectivity index (χ3n) is 7.20. The maximum absolute atomic E-state index is 12.3. The van der Waals surface area contributed by atoms with Crippen molar-refractivity contribution >= 4 is 23.3 Å². The van der Waals surface area contributed by atoms with Gasteiger partial charge in [0, 0.05) is 11.6 Å². The monoisotopic (exact) mass is 489 g/mol. The van der Waals surface area contributed by atoms with Gasteiger partial charge in [0.05, 0.1) is 44.1 Å². The zero-order valence-electron chi connectivity index (χ0n) is 20.7. The average molecular weight is 490 g/mol. The molecule has 2 aromatic carbocycles. The number of amides is 1. The van der Waals surface area contributed by atoms with Gasteiger partial charge in [-0.25, -0.2) is 10.2 Å². The molecule has 2 aromatic rings. The van der Waals surface area contributed by atoms with E-state index in [9.17, 15) is 9.59 Å². The van der Waals surface area contributed by atoms with Gasteiger partial charge in [0.1, 0.15) is 0 Å². The second-order valence-corrected chi connectivity index (χ2v) is 9.63. The van der Waals surface area contributed by atoms with Gasteiger partial charge >= 0.3 is 5.97 Å². The molecular weight excluding hydrogens is 458 g/mol. The zero-order valence-corrected chi connectivity index (χ0v) is 20.7. The van der Waals surface area contributed by atoms with Crippen molar-refractivity contribution in [1.29, 1.82) is 0 Å². The fraction of sp³-hybridized carbons (Fsp3) is 0.393. The summed E-state index contributed by atoms with van der Waals surface area (Å²) in [4.78, 5) is 24.2. The first-order valence-electron chi connectivity index (χ1n) is 12.2. The van der Waals surface area contributed by atoms with Crippen molar-refractivity contribution in [2.45, 2.75) is 44.4 Å². The Balaban J connectivity index is 1.32. The van der Waals surface area contributed by atoms with Crippen LogP contribution in [0.3, 0.4) is 0 Å². The van der Waals surface area contributed by atoms with E-state index in [2.05, 4.69) is 40.1 Å². The van der Waals surface area contributed by atoms with E-state index in [-0.39, 0.29) is 30.3 Å². The maximum Gasteiger partial charge on any atom is 0.337 e. The molecule has 2 heterocycles. The Kier molecular flexibility index (Phi) is 6.64. The SMILES string of the molecule is COC(=O)c1ccc([C@H]2Nc3ccc(/C(C)=N\NC(=O)CC4(C)OCCO4)cc3[C@H]3C=CC[C@H]32)cc1. The van der Waals surface area contributed by atoms with Crippen LogP contribution in [-0.2, 0) is 19.0 Å². The van der Waals surface area contributed by atoms with Gasteiger partial charge < -0.3 is 19.5 Å². The van der Waals surface area contributed by atoms with E-state index in [0.29, 0.717) is 24.7 Å². The van der Waals surface area contributed by atoms with E-state index in [1.165, 1.54) is 12.7 Å². The van der Waals surface area contributed by atoms with Crippen molar-refractivity contribution in [3.8, 4) is 0 Å². The van der Waals surface area contributed by atoms with E-state index in [1.54, 1.807) is 6.92 Å². The first-order valence-corrected chi connectivity index (χ1v) is 12.2. The number of methoxy groups -OCH3 is 1. The Morgan fingerprint density at radius 1 is 1.14 bits per heavy atom. The van der Waals surface area contributed by atoms with E-state index in [1.807, 2.05) is 37.3 Å². The van der Waals surface area contributed by atoms with E-state index in [4.69, 9.17) is 14.2 Å². The second kappa shape index (κ2) is 9.87. The molecular formula is C28H31N3O5. The number of carbonyl (C=O) groups excluding carboxylic acids is 2. The molecule has 5 rings (SSSR count). The van der Waals surface area contributed by atoms with Crippen LogP contribution in [0.15, 0.2) is 59.7 Å². The number of fused-ring (bicyclic) bond motifs is 3. The van der Waals surface area contributed by atoms with Gasteiger partial charge in [0.2, 0.25) is 5.91 Å². The van der Waals surface area contributed by atoms with E-state index < -0.39 is 5.79 Å². The van der Waals surface area contributed by atoms with E-state index in [0.717, 1.165) is 28.9 Å². The van der Waals surface area contributed by atoms with Crippen LogP contribution < -0.4 is 10.7 Å². The standard InChI is InChI=1S/C28H31N3O5/c1-17(30-31-25(32)16-28(2)35-13-14-36-28)20-11-12-24-23(15-20)21-5-4-6-22(21)26(29-24)18-7-9-19(10-8-18)27(33)34-3/h4-5,7-12,15,21-22,26,29H,6,13-14,16H2,1-3H3,(H,31,32)/b30-17-/t21-,22+,26+/m0/s1. The van der Waals surface area contributed by atoms with Gasteiger partial charge in [-0.3, -0.25) is 4.79 Å². The highest BCUT2D eigenvalue weighted by Gasteiger charge is 2.38. The molecule has 0 spiro atoms. The lowest BCUT2D eigenvalue weighted by Gasteiger charge is -2.37. The predicted molar refractivity (Wildman–Crippen MR) is 136 cm³/mol. The number of allylic oxidation sites excluding steroid dienone is 2. The van der Waals surface area contributed by atoms with Crippen LogP contribution in [0, 0.1) is 5.92 Å². The predicted octanol–water partition coefficient (Wildman–Crippen LogP) is 4.29. The largest absolute Gasteiger partial charge is 0.465 e. The molecule has 1 aliphatic carbocycles. The summed E-state index contributed by atoms with van der Waals surface area (Å²) in [5.41, 5.74) is 8.29. The number of benzene rings is 2. The topological polar surface area (TPSA) is 98.2 Å². The lowest BCUT2D eigenvalue weighted by atomic mass is 9.76. The highest BCUT2D eigenvalue weighted by molar-refractivity contribution is 6.00. The number of hydrogen-bond acceptors (Lipinski definition) is 7. The van der Waals surface area contributed by atoms with Crippen LogP contribution in [0.5, 0.6) is 0 Å². The molecule has 3 atom stereocenters. The summed E-state index contributed by atoms with van der Waals surface area (Å²) in [6.45, 7) is 4.63. The normalized spacial score (nSPS) is 24.0. The number of esters is 1. The van der Waals surface area contributed by atoms with Crippen molar-refractivity contribution < 1.29 is 23.8 Å². The first-order chi connectivity index (χ1) is 17.4. The van der Waals surface area contributed by atoms with Crippen LogP contribution in [0.4, 0.5) is 5.69 Å². The Hall–Kier alpha value is -3.49. The van der Waals surface area contributed by atoms with Gasteiger partial charge in [0.15, 0.2) is 5.79 Å². The molecule has 0 aromatic heterocycles. The summed E-state index contributed by atoms with van der Waals surface area (Å²) >= 11 is 0. The zero-order chi connectivity index (χ0) is 25.3. The molecule has 8 nitrogen and oxygen atoms in total. The third kappa shape index (κ3) is 4.79. The number of rotatable bonds is 6. The average Bonchev–Trinajstić information content (AvgIpc) is 3.56. The number of carbonyl (C=O) groups is 2. The van der Waals surface area contributed by atoms with Gasteiger partial charge in [-0.2, -0.15) is 5.10 Å². The molecule has 1 fully saturated rings. The number of hydrazone groups is 1. The number of nitrogens with one attached hydrogen (secondary N) is 2. The summed E-state index contributed by atoms with van der Waals surface area (Å²) in [6, 6.07) is 14.0. The van der Waals surface area contributed by atoms with Crippen molar-refractivity contribution in [2.75, 3.05) is 25.6 Å². The van der Waals surface area contributed by atoms with Crippen LogP contribution in [-0.4, -0.2) is 43.7 Å². The number of hydrogen-bond donors (Lipinski definition) is 2. The maximum atomic E-state index is 12.3. The summed E-state index contributed by atoms with van der Waals surface area (Å²) in [6.07, 6.45) is 5.58. The summed E-state index contributed by atoms with van der Waals surface area (Å²) < 4.78 is 15.8. The molecule has 1 amide bonds. The molecule has 36 heavy (non-hydrogen) atoms. The van der Waals surface area contributed by atoms with Gasteiger partial charge in [0.25, 0.3) is 0 Å². The van der Waals surface area contributed by atoms with Crippen LogP contribution in [0.1, 0.15) is 65.7 Å². The minimum absolute atomic E-state index is 0.0917. The minimum atomic E-state index is -0.884. The lowest BCUT2D eigenvalue weighted by Crippen LogP contribution is -2.33. The summed E-state index contributed by atoms with van der Waals surface area (Å²) in [5.74, 6) is -0.839. The molecule has 0 bridgehead atoms. The molecule has 2 N–H and O–H groups in total. The highest BCUT2D eigenvalue weighted by Crippen LogP contribution is 2.50. The first kappa shape index (κ1) is 24.2. The summed E-state index contributed by atoms with van der Waals surface area (Å²) in [5, 5.41) is 8.04. The minimum Gasteiger partial charge on any atom is -0.465 e. The fourth-order valence-electron chi connectivity index (χ4n) is 5.29. The number of ether oxygens (including phenoxy) is 3. The molecule has 8 heteroatoms. The smallest absolute Gasteiger partial charge is 0.337 e. The summed E-state index contributed by atoms with van der Waals surface area (Å²) in [7, 11) is 1.39. The van der Waals surface area contributed by atoms with Crippen molar-refractivity contribution in [2.24, 2.45) is 11.0 Å². The Bertz CT molecular complexity index is 1210. The van der Waals surface area contributed by atoms with Gasteiger partial charge in [-0.05, 0) is 67.1 Å². The van der Waals surface area contributed by atoms with Gasteiger partial charge in [-0.15, -0.1) is 0 Å². The van der Waals surface area contributed by atoms with Gasteiger partial charge in [-0.1, -0.05) is 30.4 Å². The Morgan fingerprint density at radius 2 is 1.86 bits per heavy atom. The quantitative estimate of drug-likeness (QED) is 0.272. The highest BCUT2D eigenvalue weighted by atomic mass is 16.7. The molecule has 2 aliphatic heterocycles. The van der Waals surface area contributed by atoms with Crippen LogP contribution in [0.2, 0.25) is 0 Å². The fourth-order valence-corrected chi connectivity index (χ4v) is 5.29. The number of anilines is 1. The van der Waals surface area contributed by atoms with Crippen molar-refractivity contribution in [3.05, 3.63) is 76.9 Å². The van der Waals surface area contributed by atoms with Crippen molar-refractivity contribution in [1.82, 2.24) is 5.43 Å². The Labute approximate surface area is 210 Å². The van der Waals surface area contributed by atoms with Crippen LogP contribution >= 0.6 is 0 Å². The molecule has 188 valence electrons. The lowest BCUT2D eigenvalue weighted by molar-refractivity contribution is -0.159. The molecule has 0 unspecified atom stereocenters. The van der Waals surface area contributed by atoms with E-state index >= 15 is 0 Å². The Morgan fingerprint density at radius 3 is 2.58 bits per heavy atom. The molecule has 1 saturated heterocycles. The number of nitrogens with zero attached hydrogens (tertiary/aromatic N) is 1. The second-order valence-electron chi connectivity index (χ2n) is 9.63. The molecule has 3 aliphatic rings. The molecule has 0 saturated carbocycles. The van der Waals surface area contributed by atoms with Crippen LogP contribution in [0.25, 0.3) is 0 Å². The third-order valence-corrected chi connectivity index (χ3v) is 7.20. The molecule has 0 radical (unpaired) electrons. The van der Waals surface area contributed by atoms with Crippen molar-refractivity contribution in [3.63, 3.8) is 0 Å².